The fourth-order valence-corrected chi connectivity index (χ4v) is 2.59. The van der Waals surface area contributed by atoms with Crippen molar-refractivity contribution in [1.29, 1.82) is 0 Å². The molecule has 1 atom stereocenters. The quantitative estimate of drug-likeness (QED) is 0.801. The maximum Gasteiger partial charge on any atom is 0.311 e. The molecular weight excluding hydrogens is 256 g/mol. The van der Waals surface area contributed by atoms with E-state index in [1.807, 2.05) is 13.8 Å². The number of benzene rings is 1. The van der Waals surface area contributed by atoms with E-state index >= 15 is 0 Å². The van der Waals surface area contributed by atoms with E-state index in [9.17, 15) is 18.3 Å². The average molecular weight is 272 g/mol. The summed E-state index contributed by atoms with van der Waals surface area (Å²) in [5, 5.41) is 9.19. The Hall–Kier alpha value is -1.40. The van der Waals surface area contributed by atoms with Gasteiger partial charge >= 0.3 is 5.97 Å². The number of carboxylic acids is 1. The minimum atomic E-state index is -4.41. The number of hydrogen-bond donors (Lipinski definition) is 2. The zero-order valence-corrected chi connectivity index (χ0v) is 11.0. The summed E-state index contributed by atoms with van der Waals surface area (Å²) in [6, 6.07) is 5.63. The van der Waals surface area contributed by atoms with Gasteiger partial charge in [0.25, 0.3) is 10.1 Å². The number of carboxylic acid groups (broad SMARTS) is 1. The van der Waals surface area contributed by atoms with Gasteiger partial charge in [-0.2, -0.15) is 8.42 Å². The molecule has 0 saturated carbocycles. The van der Waals surface area contributed by atoms with Gasteiger partial charge in [-0.1, -0.05) is 32.0 Å². The molecule has 1 unspecified atom stereocenters. The smallest absolute Gasteiger partial charge is 0.311 e. The van der Waals surface area contributed by atoms with Crippen LogP contribution < -0.4 is 0 Å². The topological polar surface area (TPSA) is 91.7 Å². The first-order chi connectivity index (χ1) is 8.23. The van der Waals surface area contributed by atoms with Crippen LogP contribution in [0.4, 0.5) is 0 Å². The Balaban J connectivity index is 3.33. The van der Waals surface area contributed by atoms with Crippen molar-refractivity contribution in [3.8, 4) is 0 Å². The maximum atomic E-state index is 11.2. The second-order valence-electron chi connectivity index (χ2n) is 4.53. The Morgan fingerprint density at radius 1 is 1.28 bits per heavy atom. The Bertz CT molecular complexity index is 533. The first kappa shape index (κ1) is 14.7. The van der Waals surface area contributed by atoms with E-state index in [1.54, 1.807) is 6.07 Å². The lowest BCUT2D eigenvalue weighted by Crippen LogP contribution is -2.17. The molecule has 0 radical (unpaired) electrons. The van der Waals surface area contributed by atoms with Crippen molar-refractivity contribution in [2.75, 3.05) is 0 Å². The molecule has 0 bridgehead atoms. The molecule has 0 spiro atoms. The molecule has 0 aliphatic rings. The van der Waals surface area contributed by atoms with E-state index in [2.05, 4.69) is 0 Å². The van der Waals surface area contributed by atoms with Crippen LogP contribution in [0, 0.1) is 5.92 Å². The molecule has 6 heteroatoms. The molecule has 0 aromatic heterocycles. The Labute approximate surface area is 106 Å². The molecule has 0 amide bonds. The summed E-state index contributed by atoms with van der Waals surface area (Å²) >= 11 is 0. The summed E-state index contributed by atoms with van der Waals surface area (Å²) < 4.78 is 31.6. The lowest BCUT2D eigenvalue weighted by atomic mass is 9.90. The second kappa shape index (κ2) is 5.49. The minimum Gasteiger partial charge on any atom is -0.481 e. The highest BCUT2D eigenvalue weighted by Crippen LogP contribution is 2.29. The molecule has 0 aliphatic heterocycles. The molecule has 1 aromatic carbocycles. The van der Waals surface area contributed by atoms with E-state index < -0.39 is 22.0 Å². The van der Waals surface area contributed by atoms with Gasteiger partial charge in [0.15, 0.2) is 0 Å². The normalized spacial score (nSPS) is 13.6. The number of carbonyl (C=O) groups is 1. The molecule has 5 nitrogen and oxygen atoms in total. The third kappa shape index (κ3) is 3.54. The fourth-order valence-electron chi connectivity index (χ4n) is 1.84. The summed E-state index contributed by atoms with van der Waals surface area (Å²) in [5.41, 5.74) is 0.126. The van der Waals surface area contributed by atoms with E-state index in [0.717, 1.165) is 0 Å². The number of hydrogen-bond acceptors (Lipinski definition) is 3. The van der Waals surface area contributed by atoms with Crippen molar-refractivity contribution in [2.24, 2.45) is 5.92 Å². The van der Waals surface area contributed by atoms with Gasteiger partial charge in [-0.3, -0.25) is 9.35 Å². The van der Waals surface area contributed by atoms with E-state index in [1.165, 1.54) is 18.2 Å². The maximum absolute atomic E-state index is 11.2. The third-order valence-corrected chi connectivity index (χ3v) is 3.51. The Morgan fingerprint density at radius 2 is 1.83 bits per heavy atom. The first-order valence-corrected chi connectivity index (χ1v) is 6.96. The highest BCUT2D eigenvalue weighted by molar-refractivity contribution is 7.85. The molecule has 1 rings (SSSR count). The molecular formula is C12H16O5S. The Kier molecular flexibility index (Phi) is 4.48. The zero-order chi connectivity index (χ0) is 13.9. The number of aliphatic carboxylic acids is 1. The van der Waals surface area contributed by atoms with Crippen LogP contribution in [-0.4, -0.2) is 24.0 Å². The van der Waals surface area contributed by atoms with Crippen LogP contribution in [0.25, 0.3) is 0 Å². The Morgan fingerprint density at radius 3 is 2.28 bits per heavy atom. The highest BCUT2D eigenvalue weighted by Gasteiger charge is 2.27. The highest BCUT2D eigenvalue weighted by atomic mass is 32.2. The second-order valence-corrected chi connectivity index (χ2v) is 5.92. The molecule has 100 valence electrons. The third-order valence-electron chi connectivity index (χ3n) is 2.58. The standard InChI is InChI=1S/C12H16O5S/c1-8(2)7-10(12(13)14)9-5-3-4-6-11(9)18(15,16)17/h3-6,8,10H,7H2,1-2H3,(H,13,14)(H,15,16,17). The van der Waals surface area contributed by atoms with Crippen LogP contribution in [0.3, 0.4) is 0 Å². The molecule has 1 aromatic rings. The van der Waals surface area contributed by atoms with Gasteiger partial charge in [0.2, 0.25) is 0 Å². The van der Waals surface area contributed by atoms with Crippen molar-refractivity contribution in [3.63, 3.8) is 0 Å². The van der Waals surface area contributed by atoms with Gasteiger partial charge in [0.05, 0.1) is 10.8 Å². The van der Waals surface area contributed by atoms with Gasteiger partial charge in [0, 0.05) is 0 Å². The van der Waals surface area contributed by atoms with Crippen molar-refractivity contribution < 1.29 is 22.9 Å². The lowest BCUT2D eigenvalue weighted by Gasteiger charge is -2.17. The average Bonchev–Trinajstić information content (AvgIpc) is 2.24. The molecule has 0 fully saturated rings. The predicted octanol–water partition coefficient (Wildman–Crippen LogP) is 2.15. The summed E-state index contributed by atoms with van der Waals surface area (Å²) in [7, 11) is -4.41. The molecule has 0 heterocycles. The van der Waals surface area contributed by atoms with Crippen LogP contribution in [-0.2, 0) is 14.9 Å². The van der Waals surface area contributed by atoms with Gasteiger partial charge < -0.3 is 5.11 Å². The zero-order valence-electron chi connectivity index (χ0n) is 10.2. The van der Waals surface area contributed by atoms with E-state index in [4.69, 9.17) is 4.55 Å². The van der Waals surface area contributed by atoms with Gasteiger partial charge in [-0.05, 0) is 24.0 Å². The van der Waals surface area contributed by atoms with Crippen LogP contribution in [0.5, 0.6) is 0 Å². The summed E-state index contributed by atoms with van der Waals surface area (Å²) in [4.78, 5) is 10.9. The van der Waals surface area contributed by atoms with Crippen molar-refractivity contribution in [3.05, 3.63) is 29.8 Å². The van der Waals surface area contributed by atoms with Gasteiger partial charge in [0.1, 0.15) is 0 Å². The van der Waals surface area contributed by atoms with Crippen LogP contribution in [0.15, 0.2) is 29.2 Å². The van der Waals surface area contributed by atoms with Crippen LogP contribution in [0.1, 0.15) is 31.7 Å². The van der Waals surface area contributed by atoms with E-state index in [0.29, 0.717) is 6.42 Å². The van der Waals surface area contributed by atoms with Gasteiger partial charge in [-0.25, -0.2) is 0 Å². The minimum absolute atomic E-state index is 0.0977. The lowest BCUT2D eigenvalue weighted by molar-refractivity contribution is -0.139. The number of rotatable bonds is 5. The molecule has 0 saturated heterocycles. The monoisotopic (exact) mass is 272 g/mol. The predicted molar refractivity (Wildman–Crippen MR) is 66.1 cm³/mol. The summed E-state index contributed by atoms with van der Waals surface area (Å²) in [6.07, 6.45) is 0.307. The first-order valence-electron chi connectivity index (χ1n) is 5.52. The van der Waals surface area contributed by atoms with Crippen molar-refractivity contribution >= 4 is 16.1 Å². The summed E-state index contributed by atoms with van der Waals surface area (Å²) in [6.45, 7) is 3.71. The summed E-state index contributed by atoms with van der Waals surface area (Å²) in [5.74, 6) is -1.94. The van der Waals surface area contributed by atoms with Crippen LogP contribution in [0.2, 0.25) is 0 Å². The molecule has 0 aliphatic carbocycles. The SMILES string of the molecule is CC(C)CC(C(=O)O)c1ccccc1S(=O)(=O)O. The van der Waals surface area contributed by atoms with Crippen LogP contribution >= 0.6 is 0 Å². The fraction of sp³-hybridized carbons (Fsp3) is 0.417. The van der Waals surface area contributed by atoms with Crippen molar-refractivity contribution in [2.45, 2.75) is 31.1 Å². The van der Waals surface area contributed by atoms with E-state index in [-0.39, 0.29) is 16.4 Å². The van der Waals surface area contributed by atoms with Gasteiger partial charge in [-0.15, -0.1) is 0 Å². The largest absolute Gasteiger partial charge is 0.481 e. The molecule has 18 heavy (non-hydrogen) atoms. The van der Waals surface area contributed by atoms with Crippen molar-refractivity contribution in [1.82, 2.24) is 0 Å². The molecule has 2 N–H and O–H groups in total.